The summed E-state index contributed by atoms with van der Waals surface area (Å²) in [5, 5.41) is 19.0. The number of nitrogens with two attached hydrogens (primary N) is 1. The molecule has 4 nitrogen and oxygen atoms in total. The summed E-state index contributed by atoms with van der Waals surface area (Å²) in [6, 6.07) is 11.2. The lowest BCUT2D eigenvalue weighted by Gasteiger charge is -2.25. The minimum atomic E-state index is -1.26. The van der Waals surface area contributed by atoms with Crippen LogP contribution in [0, 0.1) is 11.2 Å². The summed E-state index contributed by atoms with van der Waals surface area (Å²) in [6.07, 6.45) is 0.616. The Balaban J connectivity index is 2.10. The van der Waals surface area contributed by atoms with Crippen molar-refractivity contribution < 1.29 is 19.4 Å². The third-order valence-electron chi connectivity index (χ3n) is 4.27. The summed E-state index contributed by atoms with van der Waals surface area (Å²) in [5.41, 5.74) is 6.81. The normalized spacial score (nSPS) is 14.8. The molecule has 0 amide bonds. The van der Waals surface area contributed by atoms with Gasteiger partial charge in [0.05, 0.1) is 12.0 Å². The quantitative estimate of drug-likeness (QED) is 0.701. The van der Waals surface area contributed by atoms with Gasteiger partial charge in [0.2, 0.25) is 0 Å². The monoisotopic (exact) mass is 365 g/mol. The van der Waals surface area contributed by atoms with Gasteiger partial charge in [0.25, 0.3) is 0 Å². The van der Waals surface area contributed by atoms with E-state index in [4.69, 9.17) is 17.3 Å². The van der Waals surface area contributed by atoms with Crippen LogP contribution in [0.2, 0.25) is 5.02 Å². The van der Waals surface area contributed by atoms with Gasteiger partial charge in [-0.2, -0.15) is 0 Å². The molecule has 0 spiro atoms. The molecule has 0 aromatic heterocycles. The maximum atomic E-state index is 13.9. The van der Waals surface area contributed by atoms with E-state index >= 15 is 0 Å². The van der Waals surface area contributed by atoms with Crippen LogP contribution in [0.15, 0.2) is 42.5 Å². The summed E-state index contributed by atoms with van der Waals surface area (Å²) in [6.45, 7) is 1.00. The molecule has 6 heteroatoms. The van der Waals surface area contributed by atoms with Gasteiger partial charge in [-0.1, -0.05) is 35.9 Å². The molecule has 0 radical (unpaired) electrons. The zero-order valence-electron chi connectivity index (χ0n) is 13.9. The maximum Gasteiger partial charge on any atom is 0.311 e. The number of hydrogen-bond donors (Lipinski definition) is 3. The van der Waals surface area contributed by atoms with E-state index in [0.29, 0.717) is 22.6 Å². The lowest BCUT2D eigenvalue weighted by molar-refractivity contribution is -0.151. The molecule has 0 heterocycles. The molecule has 2 aromatic rings. The SMILES string of the molecule is CC(CO)(C[C@H](N)Cc1ccc(-c2cc(Cl)ccc2F)cc1)C(=O)O. The summed E-state index contributed by atoms with van der Waals surface area (Å²) >= 11 is 5.92. The van der Waals surface area contributed by atoms with E-state index in [1.54, 1.807) is 18.2 Å². The average molecular weight is 366 g/mol. The molecule has 2 rings (SSSR count). The number of carboxylic acids is 1. The second-order valence-electron chi connectivity index (χ2n) is 6.51. The van der Waals surface area contributed by atoms with Crippen LogP contribution in [-0.2, 0) is 11.2 Å². The molecule has 0 aliphatic rings. The van der Waals surface area contributed by atoms with Crippen LogP contribution in [0.25, 0.3) is 11.1 Å². The van der Waals surface area contributed by atoms with Crippen molar-refractivity contribution in [3.63, 3.8) is 0 Å². The van der Waals surface area contributed by atoms with Crippen molar-refractivity contribution in [2.24, 2.45) is 11.1 Å². The molecule has 0 aliphatic carbocycles. The Morgan fingerprint density at radius 2 is 1.92 bits per heavy atom. The summed E-state index contributed by atoms with van der Waals surface area (Å²) < 4.78 is 13.9. The highest BCUT2D eigenvalue weighted by molar-refractivity contribution is 6.30. The molecule has 0 aliphatic heterocycles. The number of benzene rings is 2. The molecule has 0 saturated carbocycles. The van der Waals surface area contributed by atoms with E-state index in [2.05, 4.69) is 0 Å². The zero-order valence-corrected chi connectivity index (χ0v) is 14.6. The van der Waals surface area contributed by atoms with Gasteiger partial charge in [-0.25, -0.2) is 4.39 Å². The molecular weight excluding hydrogens is 345 g/mol. The van der Waals surface area contributed by atoms with Crippen molar-refractivity contribution in [1.29, 1.82) is 0 Å². The smallest absolute Gasteiger partial charge is 0.311 e. The van der Waals surface area contributed by atoms with Gasteiger partial charge in [0.1, 0.15) is 5.82 Å². The second kappa shape index (κ2) is 7.95. The van der Waals surface area contributed by atoms with Gasteiger partial charge in [0.15, 0.2) is 0 Å². The highest BCUT2D eigenvalue weighted by Crippen LogP contribution is 2.27. The van der Waals surface area contributed by atoms with Crippen LogP contribution in [0.4, 0.5) is 4.39 Å². The number of aliphatic carboxylic acids is 1. The van der Waals surface area contributed by atoms with Crippen LogP contribution >= 0.6 is 11.6 Å². The molecule has 0 fully saturated rings. The van der Waals surface area contributed by atoms with Crippen molar-refractivity contribution in [3.05, 3.63) is 58.9 Å². The third kappa shape index (κ3) is 4.78. The molecule has 25 heavy (non-hydrogen) atoms. The lowest BCUT2D eigenvalue weighted by Crippen LogP contribution is -2.39. The summed E-state index contributed by atoms with van der Waals surface area (Å²) in [5.74, 6) is -1.42. The molecule has 0 bridgehead atoms. The number of carboxylic acid groups (broad SMARTS) is 1. The number of halogens is 2. The van der Waals surface area contributed by atoms with Crippen LogP contribution < -0.4 is 5.73 Å². The minimum Gasteiger partial charge on any atom is -0.481 e. The van der Waals surface area contributed by atoms with E-state index in [-0.39, 0.29) is 12.2 Å². The van der Waals surface area contributed by atoms with Crippen LogP contribution in [-0.4, -0.2) is 28.8 Å². The average Bonchev–Trinajstić information content (AvgIpc) is 2.57. The van der Waals surface area contributed by atoms with Gasteiger partial charge < -0.3 is 15.9 Å². The first-order valence-electron chi connectivity index (χ1n) is 7.89. The first-order valence-corrected chi connectivity index (χ1v) is 8.27. The van der Waals surface area contributed by atoms with E-state index in [0.717, 1.165) is 5.56 Å². The van der Waals surface area contributed by atoms with Gasteiger partial charge in [-0.3, -0.25) is 4.79 Å². The molecular formula is C19H21ClFNO3. The molecule has 1 unspecified atom stereocenters. The molecule has 2 atom stereocenters. The Bertz CT molecular complexity index is 751. The number of aliphatic hydroxyl groups is 1. The number of aliphatic hydroxyl groups excluding tert-OH is 1. The largest absolute Gasteiger partial charge is 0.481 e. The fourth-order valence-electron chi connectivity index (χ4n) is 2.71. The Kier molecular flexibility index (Phi) is 6.16. The van der Waals surface area contributed by atoms with E-state index in [1.807, 2.05) is 12.1 Å². The Morgan fingerprint density at radius 3 is 2.48 bits per heavy atom. The first kappa shape index (κ1) is 19.4. The molecule has 4 N–H and O–H groups in total. The number of hydrogen-bond acceptors (Lipinski definition) is 3. The van der Waals surface area contributed by atoms with E-state index in [1.165, 1.54) is 19.1 Å². The maximum absolute atomic E-state index is 13.9. The van der Waals surface area contributed by atoms with Crippen molar-refractivity contribution in [2.75, 3.05) is 6.61 Å². The van der Waals surface area contributed by atoms with Gasteiger partial charge in [-0.05, 0) is 49.1 Å². The standard InChI is InChI=1S/C19H21ClFNO3/c1-19(11-23,18(24)25)10-15(22)8-12-2-4-13(5-3-12)16-9-14(20)6-7-17(16)21/h2-7,9,15,23H,8,10-11,22H2,1H3,(H,24,25)/t15-,19?/m1/s1. The fourth-order valence-corrected chi connectivity index (χ4v) is 2.88. The van der Waals surface area contributed by atoms with Gasteiger partial charge >= 0.3 is 5.97 Å². The zero-order chi connectivity index (χ0) is 18.6. The fraction of sp³-hybridized carbons (Fsp3) is 0.316. The van der Waals surface area contributed by atoms with Crippen molar-refractivity contribution >= 4 is 17.6 Å². The molecule has 134 valence electrons. The Morgan fingerprint density at radius 1 is 1.28 bits per heavy atom. The molecule has 2 aromatic carbocycles. The highest BCUT2D eigenvalue weighted by atomic mass is 35.5. The van der Waals surface area contributed by atoms with E-state index < -0.39 is 24.0 Å². The highest BCUT2D eigenvalue weighted by Gasteiger charge is 2.34. The van der Waals surface area contributed by atoms with Crippen molar-refractivity contribution in [1.82, 2.24) is 0 Å². The predicted octanol–water partition coefficient (Wildman–Crippen LogP) is 3.49. The van der Waals surface area contributed by atoms with Gasteiger partial charge in [-0.15, -0.1) is 0 Å². The van der Waals surface area contributed by atoms with E-state index in [9.17, 15) is 19.4 Å². The summed E-state index contributed by atoms with van der Waals surface area (Å²) in [4.78, 5) is 11.2. The Labute approximate surface area is 151 Å². The van der Waals surface area contributed by atoms with Crippen LogP contribution in [0.5, 0.6) is 0 Å². The van der Waals surface area contributed by atoms with Crippen molar-refractivity contribution in [3.8, 4) is 11.1 Å². The number of rotatable bonds is 7. The molecule has 0 saturated heterocycles. The van der Waals surface area contributed by atoms with Crippen LogP contribution in [0.1, 0.15) is 18.9 Å². The predicted molar refractivity (Wildman–Crippen MR) is 96.0 cm³/mol. The van der Waals surface area contributed by atoms with Gasteiger partial charge in [0, 0.05) is 16.6 Å². The summed E-state index contributed by atoms with van der Waals surface area (Å²) in [7, 11) is 0. The van der Waals surface area contributed by atoms with Crippen LogP contribution in [0.3, 0.4) is 0 Å². The minimum absolute atomic E-state index is 0.156. The first-order chi connectivity index (χ1) is 11.7. The topological polar surface area (TPSA) is 83.5 Å². The lowest BCUT2D eigenvalue weighted by atomic mass is 9.83. The second-order valence-corrected chi connectivity index (χ2v) is 6.95. The third-order valence-corrected chi connectivity index (χ3v) is 4.50. The number of carbonyl (C=O) groups is 1. The van der Waals surface area contributed by atoms with Crippen molar-refractivity contribution in [2.45, 2.75) is 25.8 Å². The Hall–Kier alpha value is -1.95.